The van der Waals surface area contributed by atoms with Crippen molar-refractivity contribution in [2.24, 2.45) is 5.41 Å². The van der Waals surface area contributed by atoms with Crippen LogP contribution in [0.5, 0.6) is 5.75 Å². The van der Waals surface area contributed by atoms with Crippen molar-refractivity contribution in [3.63, 3.8) is 0 Å². The summed E-state index contributed by atoms with van der Waals surface area (Å²) in [7, 11) is 3.49. The van der Waals surface area contributed by atoms with Crippen molar-refractivity contribution in [2.45, 2.75) is 51.1 Å². The molecule has 1 saturated heterocycles. The molecule has 0 radical (unpaired) electrons. The van der Waals surface area contributed by atoms with Gasteiger partial charge >= 0.3 is 0 Å². The third kappa shape index (κ3) is 2.99. The van der Waals surface area contributed by atoms with E-state index in [4.69, 9.17) is 4.74 Å². The summed E-state index contributed by atoms with van der Waals surface area (Å²) < 4.78 is 5.23. The maximum absolute atomic E-state index is 13.1. The van der Waals surface area contributed by atoms with Crippen LogP contribution in [-0.2, 0) is 16.1 Å². The van der Waals surface area contributed by atoms with Crippen LogP contribution in [0.1, 0.15) is 44.1 Å². The van der Waals surface area contributed by atoms with E-state index in [1.165, 1.54) is 0 Å². The maximum atomic E-state index is 13.1. The molecule has 0 unspecified atom stereocenters. The van der Waals surface area contributed by atoms with Gasteiger partial charge in [0.25, 0.3) is 0 Å². The molecule has 3 rings (SSSR count). The number of nitrogens with zero attached hydrogens (tertiary/aromatic N) is 1. The molecule has 1 N–H and O–H groups in total. The Labute approximate surface area is 143 Å². The van der Waals surface area contributed by atoms with Crippen molar-refractivity contribution >= 4 is 11.8 Å². The Morgan fingerprint density at radius 3 is 3.00 bits per heavy atom. The average molecular weight is 330 g/mol. The Kier molecular flexibility index (Phi) is 4.78. The van der Waals surface area contributed by atoms with Crippen LogP contribution in [0.4, 0.5) is 0 Å². The fraction of sp³-hybridized carbons (Fsp3) is 0.579. The molecule has 0 spiro atoms. The third-order valence-electron chi connectivity index (χ3n) is 5.67. The molecule has 2 amide bonds. The quantitative estimate of drug-likeness (QED) is 0.923. The van der Waals surface area contributed by atoms with Gasteiger partial charge in [-0.3, -0.25) is 9.59 Å². The molecular weight excluding hydrogens is 304 g/mol. The van der Waals surface area contributed by atoms with Crippen molar-refractivity contribution in [1.82, 2.24) is 10.2 Å². The number of amides is 2. The second-order valence-electron chi connectivity index (χ2n) is 6.96. The lowest BCUT2D eigenvalue weighted by Gasteiger charge is -2.50. The van der Waals surface area contributed by atoms with Crippen molar-refractivity contribution in [1.29, 1.82) is 0 Å². The van der Waals surface area contributed by atoms with E-state index in [9.17, 15) is 9.59 Å². The van der Waals surface area contributed by atoms with Gasteiger partial charge in [0.15, 0.2) is 0 Å². The zero-order chi connectivity index (χ0) is 17.2. The molecule has 2 fully saturated rings. The lowest BCUT2D eigenvalue weighted by molar-refractivity contribution is -0.153. The molecule has 0 bridgehead atoms. The van der Waals surface area contributed by atoms with Crippen LogP contribution in [0, 0.1) is 5.41 Å². The summed E-state index contributed by atoms with van der Waals surface area (Å²) in [6.07, 6.45) is 5.09. The third-order valence-corrected chi connectivity index (χ3v) is 5.67. The second-order valence-corrected chi connectivity index (χ2v) is 6.96. The summed E-state index contributed by atoms with van der Waals surface area (Å²) >= 11 is 0. The van der Waals surface area contributed by atoms with Crippen LogP contribution in [0.15, 0.2) is 24.3 Å². The predicted molar refractivity (Wildman–Crippen MR) is 91.5 cm³/mol. The minimum Gasteiger partial charge on any atom is -0.497 e. The molecule has 1 aliphatic heterocycles. The highest BCUT2D eigenvalue weighted by atomic mass is 16.5. The van der Waals surface area contributed by atoms with Crippen LogP contribution < -0.4 is 10.1 Å². The van der Waals surface area contributed by atoms with E-state index in [0.29, 0.717) is 19.4 Å². The Balaban J connectivity index is 1.73. The summed E-state index contributed by atoms with van der Waals surface area (Å²) in [6.45, 7) is 0.488. The largest absolute Gasteiger partial charge is 0.497 e. The minimum absolute atomic E-state index is 0.0396. The summed E-state index contributed by atoms with van der Waals surface area (Å²) in [5.74, 6) is 1.05. The van der Waals surface area contributed by atoms with Gasteiger partial charge in [-0.1, -0.05) is 25.0 Å². The summed E-state index contributed by atoms with van der Waals surface area (Å²) in [5, 5.41) is 3.11. The number of likely N-dealkylation sites (tertiary alicyclic amines) is 1. The molecule has 0 aromatic heterocycles. The number of nitrogens with one attached hydrogen (secondary N) is 1. The molecule has 1 aromatic carbocycles. The van der Waals surface area contributed by atoms with Crippen LogP contribution in [0.3, 0.4) is 0 Å². The number of methoxy groups -OCH3 is 1. The second kappa shape index (κ2) is 6.83. The standard InChI is InChI=1S/C19H26N2O3/c1-21-16-8-3-4-10-19(16,11-9-17(21)22)18(23)20-13-14-6-5-7-15(12-14)24-2/h5-7,12,16H,3-4,8-11,13H2,1-2H3,(H,20,23)/t16-,19-/m1/s1. The molecule has 5 heteroatoms. The highest BCUT2D eigenvalue weighted by Gasteiger charge is 2.52. The first-order chi connectivity index (χ1) is 11.6. The predicted octanol–water partition coefficient (Wildman–Crippen LogP) is 2.49. The van der Waals surface area contributed by atoms with Crippen molar-refractivity contribution in [3.05, 3.63) is 29.8 Å². The van der Waals surface area contributed by atoms with Crippen molar-refractivity contribution < 1.29 is 14.3 Å². The summed E-state index contributed by atoms with van der Waals surface area (Å²) in [6, 6.07) is 7.78. The Bertz CT molecular complexity index is 631. The fourth-order valence-electron chi connectivity index (χ4n) is 4.28. The number of ether oxygens (including phenoxy) is 1. The van der Waals surface area contributed by atoms with Crippen LogP contribution >= 0.6 is 0 Å². The number of benzene rings is 1. The smallest absolute Gasteiger partial charge is 0.228 e. The lowest BCUT2D eigenvalue weighted by atomic mass is 9.64. The highest BCUT2D eigenvalue weighted by molar-refractivity contribution is 5.87. The van der Waals surface area contributed by atoms with Gasteiger partial charge < -0.3 is 15.0 Å². The number of carbonyl (C=O) groups excluding carboxylic acids is 2. The van der Waals surface area contributed by atoms with Crippen molar-refractivity contribution in [2.75, 3.05) is 14.2 Å². The highest BCUT2D eigenvalue weighted by Crippen LogP contribution is 2.46. The summed E-state index contributed by atoms with van der Waals surface area (Å²) in [5.41, 5.74) is 0.603. The van der Waals surface area contributed by atoms with Gasteiger partial charge in [-0.2, -0.15) is 0 Å². The molecule has 2 atom stereocenters. The topological polar surface area (TPSA) is 58.6 Å². The molecule has 1 heterocycles. The molecule has 130 valence electrons. The zero-order valence-electron chi connectivity index (χ0n) is 14.5. The number of fused-ring (bicyclic) bond motifs is 1. The van der Waals surface area contributed by atoms with E-state index in [2.05, 4.69) is 5.32 Å². The van der Waals surface area contributed by atoms with E-state index in [1.54, 1.807) is 7.11 Å². The van der Waals surface area contributed by atoms with Gasteiger partial charge in [-0.05, 0) is 37.0 Å². The van der Waals surface area contributed by atoms with E-state index in [1.807, 2.05) is 36.2 Å². The normalized spacial score (nSPS) is 26.7. The molecular formula is C19H26N2O3. The van der Waals surface area contributed by atoms with Gasteiger partial charge in [0.1, 0.15) is 5.75 Å². The van der Waals surface area contributed by atoms with Gasteiger partial charge in [0, 0.05) is 26.1 Å². The van der Waals surface area contributed by atoms with Gasteiger partial charge in [0.2, 0.25) is 11.8 Å². The number of piperidine rings is 1. The molecule has 2 aliphatic rings. The van der Waals surface area contributed by atoms with Gasteiger partial charge in [-0.25, -0.2) is 0 Å². The van der Waals surface area contributed by atoms with Crippen molar-refractivity contribution in [3.8, 4) is 5.75 Å². The maximum Gasteiger partial charge on any atom is 0.228 e. The van der Waals surface area contributed by atoms with Crippen LogP contribution in [0.2, 0.25) is 0 Å². The molecule has 5 nitrogen and oxygen atoms in total. The van der Waals surface area contributed by atoms with E-state index in [-0.39, 0.29) is 17.9 Å². The van der Waals surface area contributed by atoms with E-state index < -0.39 is 5.41 Å². The first-order valence-electron chi connectivity index (χ1n) is 8.74. The van der Waals surface area contributed by atoms with Gasteiger partial charge in [-0.15, -0.1) is 0 Å². The Morgan fingerprint density at radius 2 is 2.21 bits per heavy atom. The molecule has 1 aliphatic carbocycles. The van der Waals surface area contributed by atoms with E-state index in [0.717, 1.165) is 37.0 Å². The zero-order valence-corrected chi connectivity index (χ0v) is 14.5. The fourth-order valence-corrected chi connectivity index (χ4v) is 4.28. The Morgan fingerprint density at radius 1 is 1.38 bits per heavy atom. The number of rotatable bonds is 4. The van der Waals surface area contributed by atoms with Crippen LogP contribution in [0.25, 0.3) is 0 Å². The summed E-state index contributed by atoms with van der Waals surface area (Å²) in [4.78, 5) is 26.9. The van der Waals surface area contributed by atoms with Gasteiger partial charge in [0.05, 0.1) is 12.5 Å². The average Bonchev–Trinajstić information content (AvgIpc) is 2.63. The SMILES string of the molecule is COc1cccc(CNC(=O)[C@@]23CCCC[C@H]2N(C)C(=O)CC3)c1. The molecule has 24 heavy (non-hydrogen) atoms. The van der Waals surface area contributed by atoms with Crippen LogP contribution in [-0.4, -0.2) is 36.9 Å². The molecule has 1 aromatic rings. The first kappa shape index (κ1) is 16.8. The Hall–Kier alpha value is -2.04. The number of carbonyl (C=O) groups is 2. The minimum atomic E-state index is -0.417. The molecule has 1 saturated carbocycles. The lowest BCUT2D eigenvalue weighted by Crippen LogP contribution is -2.60. The van der Waals surface area contributed by atoms with E-state index >= 15 is 0 Å². The first-order valence-corrected chi connectivity index (χ1v) is 8.74. The number of hydrogen-bond donors (Lipinski definition) is 1. The number of hydrogen-bond acceptors (Lipinski definition) is 3. The monoisotopic (exact) mass is 330 g/mol.